The minimum absolute atomic E-state index is 0.00843. The fraction of sp³-hybridized carbons (Fsp3) is 0.0714. The number of anilines is 1. The topological polar surface area (TPSA) is 49.3 Å². The number of nitrogens with one attached hydrogen (secondary N) is 1. The molecule has 0 unspecified atom stereocenters. The van der Waals surface area contributed by atoms with Crippen LogP contribution in [-0.2, 0) is 6.54 Å². The zero-order valence-corrected chi connectivity index (χ0v) is 11.7. The van der Waals surface area contributed by atoms with Crippen molar-refractivity contribution in [2.45, 2.75) is 6.54 Å². The van der Waals surface area contributed by atoms with Gasteiger partial charge in [-0.05, 0) is 36.4 Å². The molecule has 2 N–H and O–H groups in total. The maximum atomic E-state index is 13.6. The molecule has 3 nitrogen and oxygen atoms in total. The molecule has 0 aliphatic carbocycles. The highest BCUT2D eigenvalue weighted by Crippen LogP contribution is 2.20. The Balaban J connectivity index is 2.18. The standard InChI is InChI=1S/C14H10BrF2NO2/c15-10-2-4-13(12(17)6-10)18-7-9-5-8(14(19)20)1-3-11(9)16/h1-6,18H,7H2,(H,19,20). The van der Waals surface area contributed by atoms with E-state index in [4.69, 9.17) is 5.11 Å². The lowest BCUT2D eigenvalue weighted by Crippen LogP contribution is -2.06. The zero-order valence-electron chi connectivity index (χ0n) is 10.2. The summed E-state index contributed by atoms with van der Waals surface area (Å²) in [5.41, 5.74) is 0.361. The molecule has 0 saturated carbocycles. The van der Waals surface area contributed by atoms with Crippen LogP contribution in [0.4, 0.5) is 14.5 Å². The highest BCUT2D eigenvalue weighted by molar-refractivity contribution is 9.10. The maximum absolute atomic E-state index is 13.6. The number of carboxylic acids is 1. The molecule has 0 fully saturated rings. The Morgan fingerprint density at radius 3 is 2.55 bits per heavy atom. The van der Waals surface area contributed by atoms with E-state index in [-0.39, 0.29) is 23.4 Å². The van der Waals surface area contributed by atoms with Crippen molar-refractivity contribution in [1.82, 2.24) is 0 Å². The maximum Gasteiger partial charge on any atom is 0.335 e. The highest BCUT2D eigenvalue weighted by Gasteiger charge is 2.09. The fourth-order valence-corrected chi connectivity index (χ4v) is 2.00. The number of carboxylic acid groups (broad SMARTS) is 1. The molecular formula is C14H10BrF2NO2. The molecule has 20 heavy (non-hydrogen) atoms. The van der Waals surface area contributed by atoms with E-state index in [9.17, 15) is 13.6 Å². The molecule has 2 aromatic rings. The third-order valence-corrected chi connectivity index (χ3v) is 3.19. The van der Waals surface area contributed by atoms with Crippen molar-refractivity contribution in [1.29, 1.82) is 0 Å². The van der Waals surface area contributed by atoms with Gasteiger partial charge >= 0.3 is 5.97 Å². The second-order valence-electron chi connectivity index (χ2n) is 4.09. The van der Waals surface area contributed by atoms with E-state index < -0.39 is 17.6 Å². The summed E-state index contributed by atoms with van der Waals surface area (Å²) in [5.74, 6) is -2.16. The fourth-order valence-electron chi connectivity index (χ4n) is 1.67. The second-order valence-corrected chi connectivity index (χ2v) is 5.00. The zero-order chi connectivity index (χ0) is 14.7. The lowest BCUT2D eigenvalue weighted by Gasteiger charge is -2.09. The Bertz CT molecular complexity index is 662. The van der Waals surface area contributed by atoms with Crippen LogP contribution in [0, 0.1) is 11.6 Å². The Kier molecular flexibility index (Phi) is 4.34. The summed E-state index contributed by atoms with van der Waals surface area (Å²) in [6.45, 7) is -0.00843. The van der Waals surface area contributed by atoms with Gasteiger partial charge in [-0.1, -0.05) is 15.9 Å². The number of carbonyl (C=O) groups is 1. The average Bonchev–Trinajstić information content (AvgIpc) is 2.39. The molecule has 0 aliphatic rings. The van der Waals surface area contributed by atoms with E-state index in [2.05, 4.69) is 21.2 Å². The van der Waals surface area contributed by atoms with E-state index in [0.717, 1.165) is 6.07 Å². The van der Waals surface area contributed by atoms with E-state index in [0.29, 0.717) is 4.47 Å². The molecule has 0 radical (unpaired) electrons. The Labute approximate surface area is 122 Å². The first-order chi connectivity index (χ1) is 9.47. The van der Waals surface area contributed by atoms with Crippen LogP contribution in [0.15, 0.2) is 40.9 Å². The first-order valence-electron chi connectivity index (χ1n) is 5.68. The van der Waals surface area contributed by atoms with Crippen molar-refractivity contribution in [3.05, 3.63) is 63.6 Å². The number of aromatic carboxylic acids is 1. The van der Waals surface area contributed by atoms with Gasteiger partial charge in [0.1, 0.15) is 11.6 Å². The molecule has 0 saturated heterocycles. The molecule has 104 valence electrons. The molecule has 0 amide bonds. The summed E-state index contributed by atoms with van der Waals surface area (Å²) in [4.78, 5) is 10.8. The number of hydrogen-bond acceptors (Lipinski definition) is 2. The van der Waals surface area contributed by atoms with Gasteiger partial charge in [0, 0.05) is 16.6 Å². The number of benzene rings is 2. The van der Waals surface area contributed by atoms with Gasteiger partial charge < -0.3 is 10.4 Å². The lowest BCUT2D eigenvalue weighted by molar-refractivity contribution is 0.0696. The summed E-state index contributed by atoms with van der Waals surface area (Å²) in [6.07, 6.45) is 0. The molecule has 0 aromatic heterocycles. The first-order valence-corrected chi connectivity index (χ1v) is 6.47. The van der Waals surface area contributed by atoms with Gasteiger partial charge in [-0.15, -0.1) is 0 Å². The van der Waals surface area contributed by atoms with Gasteiger partial charge in [-0.25, -0.2) is 13.6 Å². The number of hydrogen-bond donors (Lipinski definition) is 2. The van der Waals surface area contributed by atoms with Crippen LogP contribution in [0.3, 0.4) is 0 Å². The first kappa shape index (κ1) is 14.5. The number of rotatable bonds is 4. The molecule has 2 rings (SSSR count). The Hall–Kier alpha value is -1.95. The third-order valence-electron chi connectivity index (χ3n) is 2.69. The van der Waals surface area contributed by atoms with E-state index >= 15 is 0 Å². The molecule has 0 spiro atoms. The van der Waals surface area contributed by atoms with Crippen molar-refractivity contribution in [2.75, 3.05) is 5.32 Å². The minimum Gasteiger partial charge on any atom is -0.478 e. The van der Waals surface area contributed by atoms with Gasteiger partial charge in [0.05, 0.1) is 11.3 Å². The normalized spacial score (nSPS) is 10.3. The summed E-state index contributed by atoms with van der Waals surface area (Å²) in [6, 6.07) is 7.93. The molecule has 0 atom stereocenters. The predicted molar refractivity (Wildman–Crippen MR) is 74.8 cm³/mol. The van der Waals surface area contributed by atoms with E-state index in [1.807, 2.05) is 0 Å². The Morgan fingerprint density at radius 2 is 1.90 bits per heavy atom. The number of halogens is 3. The summed E-state index contributed by atoms with van der Waals surface area (Å²) >= 11 is 3.14. The van der Waals surface area contributed by atoms with Crippen molar-refractivity contribution in [2.24, 2.45) is 0 Å². The molecule has 2 aromatic carbocycles. The molecular weight excluding hydrogens is 332 g/mol. The largest absolute Gasteiger partial charge is 0.478 e. The van der Waals surface area contributed by atoms with Crippen LogP contribution >= 0.6 is 15.9 Å². The predicted octanol–water partition coefficient (Wildman–Crippen LogP) is 4.04. The molecule has 0 bridgehead atoms. The molecule has 0 aliphatic heterocycles. The van der Waals surface area contributed by atoms with Gasteiger partial charge in [0.15, 0.2) is 0 Å². The van der Waals surface area contributed by atoms with Gasteiger partial charge in [0.2, 0.25) is 0 Å². The van der Waals surface area contributed by atoms with Gasteiger partial charge in [-0.2, -0.15) is 0 Å². The minimum atomic E-state index is -1.14. The average molecular weight is 342 g/mol. The van der Waals surface area contributed by atoms with Crippen LogP contribution in [0.1, 0.15) is 15.9 Å². The Morgan fingerprint density at radius 1 is 1.15 bits per heavy atom. The van der Waals surface area contributed by atoms with Crippen LogP contribution in [0.25, 0.3) is 0 Å². The van der Waals surface area contributed by atoms with E-state index in [1.54, 1.807) is 6.07 Å². The van der Waals surface area contributed by atoms with Crippen LogP contribution in [0.5, 0.6) is 0 Å². The van der Waals surface area contributed by atoms with Gasteiger partial charge in [0.25, 0.3) is 0 Å². The van der Waals surface area contributed by atoms with Gasteiger partial charge in [-0.3, -0.25) is 0 Å². The molecule has 0 heterocycles. The quantitative estimate of drug-likeness (QED) is 0.882. The van der Waals surface area contributed by atoms with Crippen LogP contribution in [-0.4, -0.2) is 11.1 Å². The SMILES string of the molecule is O=C(O)c1ccc(F)c(CNc2ccc(Br)cc2F)c1. The third kappa shape index (κ3) is 3.33. The van der Waals surface area contributed by atoms with Crippen molar-refractivity contribution < 1.29 is 18.7 Å². The summed E-state index contributed by atoms with van der Waals surface area (Å²) < 4.78 is 27.7. The second kappa shape index (κ2) is 6.00. The van der Waals surface area contributed by atoms with Crippen molar-refractivity contribution >= 4 is 27.6 Å². The van der Waals surface area contributed by atoms with Crippen LogP contribution < -0.4 is 5.32 Å². The summed E-state index contributed by atoms with van der Waals surface area (Å²) in [5, 5.41) is 11.6. The van der Waals surface area contributed by atoms with Crippen molar-refractivity contribution in [3.63, 3.8) is 0 Å². The lowest BCUT2D eigenvalue weighted by atomic mass is 10.1. The van der Waals surface area contributed by atoms with E-state index in [1.165, 1.54) is 24.3 Å². The highest BCUT2D eigenvalue weighted by atomic mass is 79.9. The smallest absolute Gasteiger partial charge is 0.335 e. The van der Waals surface area contributed by atoms with Crippen molar-refractivity contribution in [3.8, 4) is 0 Å². The molecule has 6 heteroatoms. The summed E-state index contributed by atoms with van der Waals surface area (Å²) in [7, 11) is 0. The monoisotopic (exact) mass is 341 g/mol. The van der Waals surface area contributed by atoms with Crippen LogP contribution in [0.2, 0.25) is 0 Å².